The lowest BCUT2D eigenvalue weighted by atomic mass is 10.3. The van der Waals surface area contributed by atoms with Crippen molar-refractivity contribution in [3.05, 3.63) is 17.7 Å². The number of imidazole rings is 1. The number of aryl methyl sites for hydroxylation is 1. The van der Waals surface area contributed by atoms with E-state index in [1.54, 1.807) is 6.33 Å². The van der Waals surface area contributed by atoms with E-state index in [1.807, 2.05) is 6.92 Å². The van der Waals surface area contributed by atoms with Gasteiger partial charge in [0.1, 0.15) is 5.69 Å². The summed E-state index contributed by atoms with van der Waals surface area (Å²) < 4.78 is 0. The Morgan fingerprint density at radius 1 is 1.80 bits per heavy atom. The molecule has 3 heteroatoms. The van der Waals surface area contributed by atoms with E-state index in [0.717, 1.165) is 11.4 Å². The smallest absolute Gasteiger partial charge is 0.133 e. The third-order valence-corrected chi connectivity index (χ3v) is 1.27. The fraction of sp³-hybridized carbons (Fsp3) is 0.286. The van der Waals surface area contributed by atoms with Gasteiger partial charge in [-0.15, -0.1) is 0 Å². The number of aromatic nitrogens is 2. The van der Waals surface area contributed by atoms with Gasteiger partial charge in [-0.25, -0.2) is 4.98 Å². The first-order valence-corrected chi connectivity index (χ1v) is 3.57. The molecule has 0 atom stereocenters. The van der Waals surface area contributed by atoms with Crippen molar-refractivity contribution in [1.29, 1.82) is 0 Å². The monoisotopic (exact) mass is 152 g/mol. The molecule has 0 aliphatic carbocycles. The molecule has 1 rings (SSSR count). The van der Waals surface area contributed by atoms with Crippen LogP contribution in [0, 0.1) is 18.8 Å². The molecular formula is C7H8N2S. The lowest BCUT2D eigenvalue weighted by Crippen LogP contribution is -1.77. The molecule has 0 radical (unpaired) electrons. The summed E-state index contributed by atoms with van der Waals surface area (Å²) in [6.45, 7) is 1.94. The zero-order valence-electron chi connectivity index (χ0n) is 5.68. The first-order chi connectivity index (χ1) is 4.84. The Morgan fingerprint density at radius 3 is 3.10 bits per heavy atom. The minimum absolute atomic E-state index is 0.576. The highest BCUT2D eigenvalue weighted by atomic mass is 32.1. The number of H-pyrrole nitrogens is 1. The van der Waals surface area contributed by atoms with Crippen LogP contribution in [-0.2, 0) is 0 Å². The number of hydrogen-bond acceptors (Lipinski definition) is 2. The van der Waals surface area contributed by atoms with Gasteiger partial charge in [0, 0.05) is 5.69 Å². The molecule has 0 fully saturated rings. The van der Waals surface area contributed by atoms with Crippen LogP contribution in [0.4, 0.5) is 0 Å². The lowest BCUT2D eigenvalue weighted by molar-refractivity contribution is 1.25. The fourth-order valence-corrected chi connectivity index (χ4v) is 0.687. The molecule has 2 nitrogen and oxygen atoms in total. The fourth-order valence-electron chi connectivity index (χ4n) is 0.608. The van der Waals surface area contributed by atoms with Crippen molar-refractivity contribution in [2.24, 2.45) is 0 Å². The number of nitrogens with zero attached hydrogens (tertiary/aromatic N) is 1. The Labute approximate surface area is 65.5 Å². The Kier molecular flexibility index (Phi) is 2.41. The van der Waals surface area contributed by atoms with E-state index in [1.165, 1.54) is 0 Å². The Morgan fingerprint density at radius 2 is 2.60 bits per heavy atom. The summed E-state index contributed by atoms with van der Waals surface area (Å²) >= 11 is 3.95. The van der Waals surface area contributed by atoms with Crippen LogP contribution < -0.4 is 0 Å². The number of rotatable bonds is 0. The van der Waals surface area contributed by atoms with Gasteiger partial charge >= 0.3 is 0 Å². The molecule has 0 spiro atoms. The summed E-state index contributed by atoms with van der Waals surface area (Å²) in [6, 6.07) is 0. The van der Waals surface area contributed by atoms with Crippen LogP contribution in [0.15, 0.2) is 6.33 Å². The molecule has 0 saturated heterocycles. The van der Waals surface area contributed by atoms with Crippen molar-refractivity contribution in [2.75, 3.05) is 5.75 Å². The van der Waals surface area contributed by atoms with Crippen LogP contribution in [-0.4, -0.2) is 15.7 Å². The van der Waals surface area contributed by atoms with Gasteiger partial charge in [-0.05, 0) is 12.8 Å². The molecule has 1 aromatic rings. The Hall–Kier alpha value is -0.880. The summed E-state index contributed by atoms with van der Waals surface area (Å²) in [4.78, 5) is 6.93. The van der Waals surface area contributed by atoms with E-state index in [2.05, 4.69) is 34.4 Å². The number of hydrogen-bond donors (Lipinski definition) is 2. The number of aromatic amines is 1. The SMILES string of the molecule is Cc1[nH]cnc1C#CCS. The highest BCUT2D eigenvalue weighted by Crippen LogP contribution is 1.96. The summed E-state index contributed by atoms with van der Waals surface area (Å²) in [6.07, 6.45) is 1.64. The normalized spacial score (nSPS) is 8.60. The topological polar surface area (TPSA) is 28.7 Å². The van der Waals surface area contributed by atoms with Crippen LogP contribution >= 0.6 is 12.6 Å². The van der Waals surface area contributed by atoms with Gasteiger partial charge in [0.15, 0.2) is 0 Å². The van der Waals surface area contributed by atoms with Crippen molar-refractivity contribution in [3.8, 4) is 11.8 Å². The first-order valence-electron chi connectivity index (χ1n) is 2.94. The van der Waals surface area contributed by atoms with Gasteiger partial charge in [0.05, 0.1) is 12.1 Å². The standard InChI is InChI=1S/C7H8N2S/c1-6-7(3-2-4-10)9-5-8-6/h5,10H,4H2,1H3,(H,8,9). The minimum atomic E-state index is 0.576. The van der Waals surface area contributed by atoms with E-state index in [4.69, 9.17) is 0 Å². The molecule has 1 aromatic heterocycles. The van der Waals surface area contributed by atoms with Crippen molar-refractivity contribution >= 4 is 12.6 Å². The molecule has 1 N–H and O–H groups in total. The molecule has 0 saturated carbocycles. The van der Waals surface area contributed by atoms with Crippen molar-refractivity contribution in [2.45, 2.75) is 6.92 Å². The van der Waals surface area contributed by atoms with Gasteiger partial charge in [0.2, 0.25) is 0 Å². The molecule has 0 amide bonds. The number of nitrogens with one attached hydrogen (secondary N) is 1. The molecule has 0 aliphatic heterocycles. The van der Waals surface area contributed by atoms with Gasteiger partial charge in [-0.1, -0.05) is 5.92 Å². The van der Waals surface area contributed by atoms with Gasteiger partial charge in [-0.3, -0.25) is 0 Å². The molecule has 0 aliphatic rings. The van der Waals surface area contributed by atoms with E-state index >= 15 is 0 Å². The summed E-state index contributed by atoms with van der Waals surface area (Å²) in [5.74, 6) is 6.27. The van der Waals surface area contributed by atoms with Crippen LogP contribution in [0.2, 0.25) is 0 Å². The maximum Gasteiger partial charge on any atom is 0.133 e. The zero-order chi connectivity index (χ0) is 7.40. The van der Waals surface area contributed by atoms with E-state index in [0.29, 0.717) is 5.75 Å². The molecular weight excluding hydrogens is 144 g/mol. The average Bonchev–Trinajstić information content (AvgIpc) is 2.31. The van der Waals surface area contributed by atoms with Crippen LogP contribution in [0.3, 0.4) is 0 Å². The maximum absolute atomic E-state index is 3.99. The van der Waals surface area contributed by atoms with Gasteiger partial charge in [-0.2, -0.15) is 12.6 Å². The predicted octanol–water partition coefficient (Wildman–Crippen LogP) is 0.999. The predicted molar refractivity (Wildman–Crippen MR) is 44.1 cm³/mol. The summed E-state index contributed by atoms with van der Waals surface area (Å²) in [7, 11) is 0. The highest BCUT2D eigenvalue weighted by Gasteiger charge is 1.92. The minimum Gasteiger partial charge on any atom is -0.348 e. The molecule has 0 unspecified atom stereocenters. The zero-order valence-corrected chi connectivity index (χ0v) is 6.57. The van der Waals surface area contributed by atoms with E-state index in [9.17, 15) is 0 Å². The van der Waals surface area contributed by atoms with Crippen molar-refractivity contribution < 1.29 is 0 Å². The second-order valence-electron chi connectivity index (χ2n) is 1.84. The van der Waals surface area contributed by atoms with Crippen LogP contribution in [0.1, 0.15) is 11.4 Å². The largest absolute Gasteiger partial charge is 0.348 e. The first kappa shape index (κ1) is 7.23. The van der Waals surface area contributed by atoms with E-state index < -0.39 is 0 Å². The second-order valence-corrected chi connectivity index (χ2v) is 2.15. The van der Waals surface area contributed by atoms with Gasteiger partial charge < -0.3 is 4.98 Å². The number of thiol groups is 1. The second kappa shape index (κ2) is 3.33. The van der Waals surface area contributed by atoms with Gasteiger partial charge in [0.25, 0.3) is 0 Å². The Bertz CT molecular complexity index is 267. The highest BCUT2D eigenvalue weighted by molar-refractivity contribution is 7.80. The van der Waals surface area contributed by atoms with E-state index in [-0.39, 0.29) is 0 Å². The molecule has 10 heavy (non-hydrogen) atoms. The molecule has 0 bridgehead atoms. The third-order valence-electron chi connectivity index (χ3n) is 1.12. The maximum atomic E-state index is 3.99. The van der Waals surface area contributed by atoms with Crippen molar-refractivity contribution in [3.63, 3.8) is 0 Å². The third kappa shape index (κ3) is 1.55. The van der Waals surface area contributed by atoms with Crippen LogP contribution in [0.25, 0.3) is 0 Å². The quantitative estimate of drug-likeness (QED) is 0.421. The molecule has 0 aromatic carbocycles. The molecule has 52 valence electrons. The van der Waals surface area contributed by atoms with Crippen molar-refractivity contribution in [1.82, 2.24) is 9.97 Å². The summed E-state index contributed by atoms with van der Waals surface area (Å²) in [5.41, 5.74) is 1.82. The summed E-state index contributed by atoms with van der Waals surface area (Å²) in [5, 5.41) is 0. The van der Waals surface area contributed by atoms with Crippen LogP contribution in [0.5, 0.6) is 0 Å². The lowest BCUT2D eigenvalue weighted by Gasteiger charge is -1.80. The molecule has 1 heterocycles. The average molecular weight is 152 g/mol. The Balaban J connectivity index is 2.84.